The summed E-state index contributed by atoms with van der Waals surface area (Å²) in [5.41, 5.74) is 0.327. The van der Waals surface area contributed by atoms with Crippen LogP contribution in [-0.2, 0) is 9.59 Å². The van der Waals surface area contributed by atoms with Crippen LogP contribution in [0.4, 0.5) is 5.69 Å². The standard InChI is InChI=1S/C18H11ClN2O5S3/c19-11-2-4-12(5-3-11)28-14-6-1-10(7-13(14)21(25)26)8-15-17(24)20(9-16(22)23)18(27)29-15/h1-8H,9H2,(H,22,23)/b15-8+. The quantitative estimate of drug-likeness (QED) is 0.283. The molecule has 2 aromatic carbocycles. The molecule has 0 saturated carbocycles. The number of thiocarbonyl (C=S) groups is 1. The zero-order chi connectivity index (χ0) is 21.1. The Morgan fingerprint density at radius 1 is 1.31 bits per heavy atom. The molecule has 1 amide bonds. The molecule has 11 heteroatoms. The first kappa shape index (κ1) is 21.3. The van der Waals surface area contributed by atoms with Crippen LogP contribution in [0, 0.1) is 10.1 Å². The largest absolute Gasteiger partial charge is 0.480 e. The van der Waals surface area contributed by atoms with E-state index >= 15 is 0 Å². The van der Waals surface area contributed by atoms with Crippen molar-refractivity contribution < 1.29 is 19.6 Å². The van der Waals surface area contributed by atoms with Crippen LogP contribution in [0.25, 0.3) is 6.08 Å². The highest BCUT2D eigenvalue weighted by atomic mass is 35.5. The lowest BCUT2D eigenvalue weighted by molar-refractivity contribution is -0.387. The molecule has 1 aliphatic rings. The molecule has 0 radical (unpaired) electrons. The smallest absolute Gasteiger partial charge is 0.323 e. The molecule has 1 fully saturated rings. The number of carboxylic acids is 1. The van der Waals surface area contributed by atoms with Gasteiger partial charge in [-0.15, -0.1) is 0 Å². The van der Waals surface area contributed by atoms with Crippen LogP contribution in [0.15, 0.2) is 57.2 Å². The minimum absolute atomic E-state index is 0.111. The number of nitro groups is 1. The predicted octanol–water partition coefficient (Wildman–Crippen LogP) is 4.69. The molecule has 7 nitrogen and oxygen atoms in total. The topological polar surface area (TPSA) is 101 Å². The van der Waals surface area contributed by atoms with Gasteiger partial charge < -0.3 is 5.11 Å². The Hall–Kier alpha value is -2.40. The summed E-state index contributed by atoms with van der Waals surface area (Å²) in [6.45, 7) is -0.529. The summed E-state index contributed by atoms with van der Waals surface area (Å²) in [6.07, 6.45) is 1.46. The number of hydrogen-bond donors (Lipinski definition) is 1. The Labute approximate surface area is 183 Å². The summed E-state index contributed by atoms with van der Waals surface area (Å²) in [4.78, 5) is 36.7. The van der Waals surface area contributed by atoms with Crippen LogP contribution >= 0.6 is 47.3 Å². The summed E-state index contributed by atoms with van der Waals surface area (Å²) < 4.78 is 0.132. The number of benzene rings is 2. The highest BCUT2D eigenvalue weighted by molar-refractivity contribution is 8.26. The van der Waals surface area contributed by atoms with E-state index in [2.05, 4.69) is 0 Å². The second kappa shape index (κ2) is 8.95. The molecule has 0 aromatic heterocycles. The molecule has 0 spiro atoms. The molecule has 1 N–H and O–H groups in total. The van der Waals surface area contributed by atoms with Crippen molar-refractivity contribution in [3.05, 3.63) is 68.1 Å². The van der Waals surface area contributed by atoms with E-state index in [1.54, 1.807) is 36.4 Å². The summed E-state index contributed by atoms with van der Waals surface area (Å²) in [6, 6.07) is 11.5. The normalized spacial score (nSPS) is 15.2. The van der Waals surface area contributed by atoms with Crippen LogP contribution in [0.5, 0.6) is 0 Å². The van der Waals surface area contributed by atoms with Gasteiger partial charge in [-0.2, -0.15) is 0 Å². The van der Waals surface area contributed by atoms with E-state index in [9.17, 15) is 19.7 Å². The van der Waals surface area contributed by atoms with Crippen molar-refractivity contribution in [1.29, 1.82) is 0 Å². The molecule has 0 unspecified atom stereocenters. The van der Waals surface area contributed by atoms with Crippen molar-refractivity contribution in [2.75, 3.05) is 6.54 Å². The van der Waals surface area contributed by atoms with Crippen LogP contribution in [0.1, 0.15) is 5.56 Å². The fourth-order valence-electron chi connectivity index (χ4n) is 2.41. The van der Waals surface area contributed by atoms with Gasteiger partial charge in [0.25, 0.3) is 11.6 Å². The number of thioether (sulfide) groups is 1. The number of carbonyl (C=O) groups excluding carboxylic acids is 1. The van der Waals surface area contributed by atoms with Crippen LogP contribution in [0.3, 0.4) is 0 Å². The summed E-state index contributed by atoms with van der Waals surface area (Å²) in [7, 11) is 0. The fraction of sp³-hybridized carbons (Fsp3) is 0.0556. The molecule has 1 aliphatic heterocycles. The number of hydrogen-bond acceptors (Lipinski definition) is 7. The van der Waals surface area contributed by atoms with Crippen molar-refractivity contribution in [2.45, 2.75) is 9.79 Å². The van der Waals surface area contributed by atoms with E-state index in [4.69, 9.17) is 28.9 Å². The van der Waals surface area contributed by atoms with Crippen molar-refractivity contribution in [3.8, 4) is 0 Å². The summed E-state index contributed by atoms with van der Waals surface area (Å²) in [5.74, 6) is -1.72. The number of carboxylic acid groups (broad SMARTS) is 1. The highest BCUT2D eigenvalue weighted by Crippen LogP contribution is 2.37. The second-order valence-electron chi connectivity index (χ2n) is 5.70. The van der Waals surface area contributed by atoms with Crippen LogP contribution in [-0.4, -0.2) is 37.7 Å². The average Bonchev–Trinajstić information content (AvgIpc) is 2.91. The van der Waals surface area contributed by atoms with Crippen molar-refractivity contribution in [1.82, 2.24) is 4.90 Å². The van der Waals surface area contributed by atoms with E-state index in [-0.39, 0.29) is 14.9 Å². The third-order valence-corrected chi connectivity index (χ3v) is 6.39. The second-order valence-corrected chi connectivity index (χ2v) is 8.93. The van der Waals surface area contributed by atoms with E-state index in [0.717, 1.165) is 21.6 Å². The molecule has 2 aromatic rings. The molecule has 0 bridgehead atoms. The van der Waals surface area contributed by atoms with Gasteiger partial charge in [0.2, 0.25) is 0 Å². The third-order valence-electron chi connectivity index (χ3n) is 3.69. The van der Waals surface area contributed by atoms with Gasteiger partial charge in [-0.1, -0.05) is 53.4 Å². The first-order chi connectivity index (χ1) is 13.7. The van der Waals surface area contributed by atoms with E-state index in [1.807, 2.05) is 0 Å². The van der Waals surface area contributed by atoms with Gasteiger partial charge >= 0.3 is 5.97 Å². The summed E-state index contributed by atoms with van der Waals surface area (Å²) in [5, 5.41) is 21.0. The summed E-state index contributed by atoms with van der Waals surface area (Å²) >= 11 is 13.1. The van der Waals surface area contributed by atoms with E-state index < -0.39 is 23.3 Å². The molecular weight excluding hydrogens is 456 g/mol. The van der Waals surface area contributed by atoms with Gasteiger partial charge in [0, 0.05) is 16.0 Å². The minimum Gasteiger partial charge on any atom is -0.480 e. The van der Waals surface area contributed by atoms with Crippen molar-refractivity contribution >= 4 is 75.3 Å². The number of carbonyl (C=O) groups is 2. The molecule has 1 heterocycles. The van der Waals surface area contributed by atoms with E-state index in [0.29, 0.717) is 15.5 Å². The average molecular weight is 467 g/mol. The van der Waals surface area contributed by atoms with Gasteiger partial charge in [0.05, 0.1) is 14.7 Å². The minimum atomic E-state index is -1.18. The number of nitrogens with zero attached hydrogens (tertiary/aromatic N) is 2. The first-order valence-electron chi connectivity index (χ1n) is 7.93. The van der Waals surface area contributed by atoms with Gasteiger partial charge in [-0.3, -0.25) is 24.6 Å². The van der Waals surface area contributed by atoms with Crippen molar-refractivity contribution in [3.63, 3.8) is 0 Å². The predicted molar refractivity (Wildman–Crippen MR) is 116 cm³/mol. The maximum absolute atomic E-state index is 12.3. The molecule has 0 atom stereocenters. The molecule has 3 rings (SSSR count). The number of nitro benzene ring substituents is 1. The Bertz CT molecular complexity index is 1060. The fourth-order valence-corrected chi connectivity index (χ4v) is 4.69. The Balaban J connectivity index is 1.88. The lowest BCUT2D eigenvalue weighted by Gasteiger charge is -2.10. The first-order valence-corrected chi connectivity index (χ1v) is 10.4. The number of aliphatic carboxylic acids is 1. The Morgan fingerprint density at radius 2 is 2.00 bits per heavy atom. The zero-order valence-corrected chi connectivity index (χ0v) is 17.6. The molecule has 0 aliphatic carbocycles. The van der Waals surface area contributed by atoms with Gasteiger partial charge in [-0.25, -0.2) is 0 Å². The van der Waals surface area contributed by atoms with Gasteiger partial charge in [0.15, 0.2) is 0 Å². The molecule has 29 heavy (non-hydrogen) atoms. The third kappa shape index (κ3) is 5.15. The Morgan fingerprint density at radius 3 is 2.62 bits per heavy atom. The number of amides is 1. The zero-order valence-electron chi connectivity index (χ0n) is 14.4. The number of rotatable bonds is 6. The monoisotopic (exact) mass is 466 g/mol. The maximum atomic E-state index is 12.3. The molecule has 1 saturated heterocycles. The molecular formula is C18H11ClN2O5S3. The van der Waals surface area contributed by atoms with Crippen LogP contribution < -0.4 is 0 Å². The highest BCUT2D eigenvalue weighted by Gasteiger charge is 2.33. The Kier molecular flexibility index (Phi) is 6.58. The van der Waals surface area contributed by atoms with Gasteiger partial charge in [-0.05, 0) is 42.0 Å². The van der Waals surface area contributed by atoms with Crippen LogP contribution in [0.2, 0.25) is 5.02 Å². The van der Waals surface area contributed by atoms with Crippen molar-refractivity contribution in [2.24, 2.45) is 0 Å². The molecule has 148 valence electrons. The lowest BCUT2D eigenvalue weighted by Crippen LogP contribution is -2.33. The van der Waals surface area contributed by atoms with E-state index in [1.165, 1.54) is 23.9 Å². The number of halogens is 1. The maximum Gasteiger partial charge on any atom is 0.323 e. The van der Waals surface area contributed by atoms with Gasteiger partial charge in [0.1, 0.15) is 10.9 Å². The SMILES string of the molecule is O=C(O)CN1C(=O)/C(=C\c2ccc(Sc3ccc(Cl)cc3)c([N+](=O)[O-])c2)SC1=S. The lowest BCUT2D eigenvalue weighted by atomic mass is 10.2.